The number of ether oxygens (including phenoxy) is 2. The average Bonchev–Trinajstić information content (AvgIpc) is 2.98. The van der Waals surface area contributed by atoms with E-state index in [1.807, 2.05) is 17.5 Å². The first-order chi connectivity index (χ1) is 9.63. The second kappa shape index (κ2) is 6.43. The molecule has 0 saturated heterocycles. The molecule has 1 aromatic heterocycles. The van der Waals surface area contributed by atoms with Crippen molar-refractivity contribution in [2.24, 2.45) is 0 Å². The molecular formula is C15H17NO3S. The lowest BCUT2D eigenvalue weighted by Gasteiger charge is -2.17. The number of nitrogens with zero attached hydrogens (tertiary/aromatic N) is 1. The molecule has 0 radical (unpaired) electrons. The Morgan fingerprint density at radius 3 is 2.35 bits per heavy atom. The van der Waals surface area contributed by atoms with Gasteiger partial charge in [0.2, 0.25) is 0 Å². The number of hydrogen-bond donors (Lipinski definition) is 0. The Morgan fingerprint density at radius 1 is 1.20 bits per heavy atom. The Morgan fingerprint density at radius 2 is 1.85 bits per heavy atom. The number of hydrogen-bond acceptors (Lipinski definition) is 4. The molecule has 1 aromatic carbocycles. The van der Waals surface area contributed by atoms with Crippen LogP contribution in [0.5, 0.6) is 11.5 Å². The summed E-state index contributed by atoms with van der Waals surface area (Å²) in [6.07, 6.45) is 0. The van der Waals surface area contributed by atoms with E-state index in [-0.39, 0.29) is 5.91 Å². The maximum atomic E-state index is 12.4. The van der Waals surface area contributed by atoms with Gasteiger partial charge in [-0.05, 0) is 23.6 Å². The quantitative estimate of drug-likeness (QED) is 0.850. The molecule has 0 bridgehead atoms. The molecular weight excluding hydrogens is 274 g/mol. The summed E-state index contributed by atoms with van der Waals surface area (Å²) in [6, 6.07) is 9.18. The molecule has 106 valence electrons. The lowest BCUT2D eigenvalue weighted by molar-refractivity contribution is 0.0785. The van der Waals surface area contributed by atoms with E-state index in [2.05, 4.69) is 0 Å². The Labute approximate surface area is 122 Å². The smallest absolute Gasteiger partial charge is 0.254 e. The molecule has 0 aliphatic carbocycles. The van der Waals surface area contributed by atoms with Crippen LogP contribution in [0.2, 0.25) is 0 Å². The summed E-state index contributed by atoms with van der Waals surface area (Å²) in [4.78, 5) is 15.3. The first-order valence-electron chi connectivity index (χ1n) is 6.15. The molecule has 0 aliphatic heterocycles. The van der Waals surface area contributed by atoms with Gasteiger partial charge in [0.1, 0.15) is 11.5 Å². The average molecular weight is 291 g/mol. The van der Waals surface area contributed by atoms with E-state index >= 15 is 0 Å². The summed E-state index contributed by atoms with van der Waals surface area (Å²) in [5.41, 5.74) is 0.556. The molecule has 0 spiro atoms. The number of amides is 1. The SMILES string of the molecule is COc1cc(OC)cc(C(=O)N(C)Cc2cccs2)c1. The fourth-order valence-corrected chi connectivity index (χ4v) is 2.62. The van der Waals surface area contributed by atoms with Crippen LogP contribution < -0.4 is 9.47 Å². The third kappa shape index (κ3) is 3.30. The van der Waals surface area contributed by atoms with Crippen LogP contribution in [0.4, 0.5) is 0 Å². The fourth-order valence-electron chi connectivity index (χ4n) is 1.86. The van der Waals surface area contributed by atoms with Gasteiger partial charge in [-0.3, -0.25) is 4.79 Å². The van der Waals surface area contributed by atoms with Crippen molar-refractivity contribution in [3.8, 4) is 11.5 Å². The minimum atomic E-state index is -0.0596. The maximum absolute atomic E-state index is 12.4. The normalized spacial score (nSPS) is 10.2. The second-order valence-corrected chi connectivity index (χ2v) is 5.37. The van der Waals surface area contributed by atoms with Gasteiger partial charge in [-0.25, -0.2) is 0 Å². The highest BCUT2D eigenvalue weighted by Crippen LogP contribution is 2.23. The molecule has 0 aliphatic rings. The number of benzene rings is 1. The third-order valence-corrected chi connectivity index (χ3v) is 3.78. The fraction of sp³-hybridized carbons (Fsp3) is 0.267. The molecule has 0 atom stereocenters. The van der Waals surface area contributed by atoms with Gasteiger partial charge >= 0.3 is 0 Å². The van der Waals surface area contributed by atoms with Gasteiger partial charge in [0.05, 0.1) is 20.8 Å². The number of carbonyl (C=O) groups is 1. The monoisotopic (exact) mass is 291 g/mol. The van der Waals surface area contributed by atoms with E-state index in [4.69, 9.17) is 9.47 Å². The van der Waals surface area contributed by atoms with E-state index in [0.717, 1.165) is 4.88 Å². The topological polar surface area (TPSA) is 38.8 Å². The summed E-state index contributed by atoms with van der Waals surface area (Å²) < 4.78 is 10.4. The summed E-state index contributed by atoms with van der Waals surface area (Å²) in [5, 5.41) is 2.00. The van der Waals surface area contributed by atoms with E-state index in [9.17, 15) is 4.79 Å². The zero-order valence-corrected chi connectivity index (χ0v) is 12.6. The lowest BCUT2D eigenvalue weighted by atomic mass is 10.1. The van der Waals surface area contributed by atoms with E-state index in [0.29, 0.717) is 23.6 Å². The molecule has 4 nitrogen and oxygen atoms in total. The zero-order valence-electron chi connectivity index (χ0n) is 11.8. The Kier molecular flexibility index (Phi) is 4.63. The Bertz CT molecular complexity index is 559. The predicted octanol–water partition coefficient (Wildman–Crippen LogP) is 3.04. The minimum Gasteiger partial charge on any atom is -0.497 e. The minimum absolute atomic E-state index is 0.0596. The van der Waals surface area contributed by atoms with Crippen LogP contribution in [-0.4, -0.2) is 32.1 Å². The summed E-state index contributed by atoms with van der Waals surface area (Å²) in [6.45, 7) is 0.593. The van der Waals surface area contributed by atoms with Crippen LogP contribution in [0, 0.1) is 0 Å². The van der Waals surface area contributed by atoms with E-state index in [1.165, 1.54) is 0 Å². The standard InChI is InChI=1S/C15H17NO3S/c1-16(10-14-5-4-6-20-14)15(17)11-7-12(18-2)9-13(8-11)19-3/h4-9H,10H2,1-3H3. The molecule has 2 aromatic rings. The maximum Gasteiger partial charge on any atom is 0.254 e. The van der Waals surface area contributed by atoms with Gasteiger partial charge in [0.15, 0.2) is 0 Å². The van der Waals surface area contributed by atoms with Crippen LogP contribution in [0.15, 0.2) is 35.7 Å². The first kappa shape index (κ1) is 14.4. The molecule has 1 heterocycles. The van der Waals surface area contributed by atoms with Gasteiger partial charge in [0.25, 0.3) is 5.91 Å². The molecule has 2 rings (SSSR count). The van der Waals surface area contributed by atoms with Gasteiger partial charge in [-0.1, -0.05) is 6.07 Å². The van der Waals surface area contributed by atoms with Gasteiger partial charge in [-0.2, -0.15) is 0 Å². The van der Waals surface area contributed by atoms with Crippen molar-refractivity contribution in [1.29, 1.82) is 0 Å². The first-order valence-corrected chi connectivity index (χ1v) is 7.03. The van der Waals surface area contributed by atoms with Crippen molar-refractivity contribution in [3.63, 3.8) is 0 Å². The number of methoxy groups -OCH3 is 2. The zero-order chi connectivity index (χ0) is 14.5. The molecule has 0 N–H and O–H groups in total. The molecule has 0 saturated carbocycles. The van der Waals surface area contributed by atoms with Gasteiger partial charge in [0, 0.05) is 23.6 Å². The third-order valence-electron chi connectivity index (χ3n) is 2.92. The molecule has 0 fully saturated rings. The van der Waals surface area contributed by atoms with Gasteiger partial charge in [-0.15, -0.1) is 11.3 Å². The number of rotatable bonds is 5. The number of thiophene rings is 1. The summed E-state index contributed by atoms with van der Waals surface area (Å²) >= 11 is 1.64. The van der Waals surface area contributed by atoms with Crippen molar-refractivity contribution in [2.45, 2.75) is 6.54 Å². The number of carbonyl (C=O) groups excluding carboxylic acids is 1. The highest BCUT2D eigenvalue weighted by molar-refractivity contribution is 7.09. The van der Waals surface area contributed by atoms with Crippen LogP contribution in [-0.2, 0) is 6.54 Å². The van der Waals surface area contributed by atoms with Crippen LogP contribution in [0.25, 0.3) is 0 Å². The van der Waals surface area contributed by atoms with Crippen LogP contribution in [0.3, 0.4) is 0 Å². The van der Waals surface area contributed by atoms with Gasteiger partial charge < -0.3 is 14.4 Å². The largest absolute Gasteiger partial charge is 0.497 e. The molecule has 20 heavy (non-hydrogen) atoms. The highest BCUT2D eigenvalue weighted by Gasteiger charge is 2.15. The lowest BCUT2D eigenvalue weighted by Crippen LogP contribution is -2.25. The second-order valence-electron chi connectivity index (χ2n) is 4.34. The van der Waals surface area contributed by atoms with Crippen molar-refractivity contribution < 1.29 is 14.3 Å². The van der Waals surface area contributed by atoms with Crippen molar-refractivity contribution in [2.75, 3.05) is 21.3 Å². The summed E-state index contributed by atoms with van der Waals surface area (Å²) in [7, 11) is 4.92. The van der Waals surface area contributed by atoms with E-state index < -0.39 is 0 Å². The Balaban J connectivity index is 2.19. The summed E-state index contributed by atoms with van der Waals surface area (Å²) in [5.74, 6) is 1.16. The molecule has 1 amide bonds. The molecule has 0 unspecified atom stereocenters. The van der Waals surface area contributed by atoms with Crippen molar-refractivity contribution in [3.05, 3.63) is 46.2 Å². The predicted molar refractivity (Wildman–Crippen MR) is 79.7 cm³/mol. The Hall–Kier alpha value is -2.01. The van der Waals surface area contributed by atoms with Crippen LogP contribution >= 0.6 is 11.3 Å². The molecule has 5 heteroatoms. The van der Waals surface area contributed by atoms with Crippen molar-refractivity contribution >= 4 is 17.2 Å². The highest BCUT2D eigenvalue weighted by atomic mass is 32.1. The van der Waals surface area contributed by atoms with E-state index in [1.54, 1.807) is 55.7 Å². The van der Waals surface area contributed by atoms with Crippen LogP contribution in [0.1, 0.15) is 15.2 Å². The van der Waals surface area contributed by atoms with Crippen molar-refractivity contribution in [1.82, 2.24) is 4.90 Å².